The number of fused-ring (bicyclic) bond motifs is 1. The van der Waals surface area contributed by atoms with Crippen molar-refractivity contribution in [2.75, 3.05) is 18.4 Å². The van der Waals surface area contributed by atoms with Crippen molar-refractivity contribution in [3.8, 4) is 0 Å². The maximum absolute atomic E-state index is 13.0. The van der Waals surface area contributed by atoms with Gasteiger partial charge in [0.25, 0.3) is 5.91 Å². The lowest BCUT2D eigenvalue weighted by molar-refractivity contribution is -0.0440. The van der Waals surface area contributed by atoms with Crippen molar-refractivity contribution in [2.45, 2.75) is 56.6 Å². The maximum Gasteiger partial charge on any atom is 0.255 e. The number of hydrogen-bond acceptors (Lipinski definition) is 4. The molecule has 1 aliphatic carbocycles. The molecule has 2 aromatic carbocycles. The molecular weight excluding hydrogens is 400 g/mol. The monoisotopic (exact) mass is 428 g/mol. The van der Waals surface area contributed by atoms with Crippen molar-refractivity contribution in [1.29, 1.82) is 0 Å². The topological polar surface area (TPSA) is 75.7 Å². The Bertz CT molecular complexity index is 1020. The molecule has 1 fully saturated rings. The van der Waals surface area contributed by atoms with E-state index in [1.807, 2.05) is 26.0 Å². The zero-order valence-corrected chi connectivity index (χ0v) is 18.2. The van der Waals surface area contributed by atoms with Gasteiger partial charge in [-0.25, -0.2) is 8.42 Å². The summed E-state index contributed by atoms with van der Waals surface area (Å²) in [6, 6.07) is 12.2. The molecule has 7 heteroatoms. The average molecular weight is 429 g/mol. The average Bonchev–Trinajstić information content (AvgIpc) is 2.73. The third-order valence-corrected chi connectivity index (χ3v) is 7.63. The first-order chi connectivity index (χ1) is 14.3. The van der Waals surface area contributed by atoms with Crippen LogP contribution in [0.4, 0.5) is 5.69 Å². The Morgan fingerprint density at radius 1 is 1.00 bits per heavy atom. The second-order valence-corrected chi connectivity index (χ2v) is 10.1. The van der Waals surface area contributed by atoms with Gasteiger partial charge < -0.3 is 10.1 Å². The molecule has 0 saturated carbocycles. The maximum atomic E-state index is 13.0. The van der Waals surface area contributed by atoms with Crippen molar-refractivity contribution in [3.05, 3.63) is 59.2 Å². The Labute approximate surface area is 178 Å². The molecule has 1 N–H and O–H groups in total. The van der Waals surface area contributed by atoms with E-state index in [1.54, 1.807) is 12.1 Å². The lowest BCUT2D eigenvalue weighted by Crippen LogP contribution is -2.48. The molecule has 1 saturated heterocycles. The third kappa shape index (κ3) is 4.29. The van der Waals surface area contributed by atoms with E-state index in [1.165, 1.54) is 34.0 Å². The quantitative estimate of drug-likeness (QED) is 0.807. The minimum atomic E-state index is -3.62. The fraction of sp³-hybridized carbons (Fsp3) is 0.435. The van der Waals surface area contributed by atoms with Gasteiger partial charge >= 0.3 is 0 Å². The first-order valence-electron chi connectivity index (χ1n) is 10.5. The van der Waals surface area contributed by atoms with E-state index in [0.29, 0.717) is 18.7 Å². The zero-order chi connectivity index (χ0) is 21.3. The number of sulfonamides is 1. The Morgan fingerprint density at radius 3 is 2.37 bits per heavy atom. The number of morpholine rings is 1. The molecule has 0 aromatic heterocycles. The van der Waals surface area contributed by atoms with Crippen LogP contribution in [0, 0.1) is 0 Å². The molecule has 0 bridgehead atoms. The van der Waals surface area contributed by atoms with Crippen LogP contribution in [0.5, 0.6) is 0 Å². The van der Waals surface area contributed by atoms with Crippen LogP contribution >= 0.6 is 0 Å². The molecule has 6 nitrogen and oxygen atoms in total. The normalized spacial score (nSPS) is 22.3. The highest BCUT2D eigenvalue weighted by molar-refractivity contribution is 7.89. The van der Waals surface area contributed by atoms with Gasteiger partial charge in [-0.15, -0.1) is 0 Å². The van der Waals surface area contributed by atoms with Crippen LogP contribution in [-0.2, 0) is 27.6 Å². The van der Waals surface area contributed by atoms with E-state index in [9.17, 15) is 13.2 Å². The summed E-state index contributed by atoms with van der Waals surface area (Å²) in [7, 11) is -3.62. The van der Waals surface area contributed by atoms with Crippen molar-refractivity contribution < 1.29 is 17.9 Å². The number of carbonyl (C=O) groups is 1. The molecule has 30 heavy (non-hydrogen) atoms. The van der Waals surface area contributed by atoms with Crippen LogP contribution in [-0.4, -0.2) is 43.9 Å². The molecule has 2 aliphatic rings. The molecule has 2 aromatic rings. The van der Waals surface area contributed by atoms with Gasteiger partial charge in [-0.2, -0.15) is 4.31 Å². The predicted octanol–water partition coefficient (Wildman–Crippen LogP) is 3.62. The van der Waals surface area contributed by atoms with Crippen LogP contribution in [0.3, 0.4) is 0 Å². The molecule has 1 heterocycles. The van der Waals surface area contributed by atoms with Gasteiger partial charge in [-0.05, 0) is 81.0 Å². The Balaban J connectivity index is 1.50. The van der Waals surface area contributed by atoms with E-state index >= 15 is 0 Å². The molecule has 1 aliphatic heterocycles. The van der Waals surface area contributed by atoms with Crippen molar-refractivity contribution in [2.24, 2.45) is 0 Å². The number of nitrogens with one attached hydrogen (secondary N) is 1. The smallest absolute Gasteiger partial charge is 0.255 e. The molecule has 160 valence electrons. The van der Waals surface area contributed by atoms with Crippen LogP contribution in [0.25, 0.3) is 0 Å². The van der Waals surface area contributed by atoms with Crippen LogP contribution in [0.2, 0.25) is 0 Å². The number of ether oxygens (including phenoxy) is 1. The van der Waals surface area contributed by atoms with E-state index < -0.39 is 10.0 Å². The second-order valence-electron chi connectivity index (χ2n) is 8.21. The van der Waals surface area contributed by atoms with Crippen molar-refractivity contribution >= 4 is 21.6 Å². The summed E-state index contributed by atoms with van der Waals surface area (Å²) in [4.78, 5) is 13.0. The minimum absolute atomic E-state index is 0.148. The van der Waals surface area contributed by atoms with Gasteiger partial charge in [0, 0.05) is 24.3 Å². The summed E-state index contributed by atoms with van der Waals surface area (Å²) in [6.45, 7) is 4.39. The number of carbonyl (C=O) groups excluding carboxylic acids is 1. The molecular formula is C23H28N2O4S. The van der Waals surface area contributed by atoms with Crippen molar-refractivity contribution in [3.63, 3.8) is 0 Å². The number of aryl methyl sites for hydroxylation is 1. The molecule has 4 rings (SSSR count). The summed E-state index contributed by atoms with van der Waals surface area (Å²) >= 11 is 0. The van der Waals surface area contributed by atoms with Gasteiger partial charge in [0.1, 0.15) is 0 Å². The SMILES string of the molecule is C[C@@H]1CN(S(=O)(=O)c2ccc(C(=O)Nc3cccc4c3CCCC4)cc2)C[C@@H](C)O1. The lowest BCUT2D eigenvalue weighted by atomic mass is 9.90. The lowest BCUT2D eigenvalue weighted by Gasteiger charge is -2.34. The highest BCUT2D eigenvalue weighted by atomic mass is 32.2. The summed E-state index contributed by atoms with van der Waals surface area (Å²) < 4.78 is 33.1. The Hall–Kier alpha value is -2.22. The number of anilines is 1. The predicted molar refractivity (Wildman–Crippen MR) is 116 cm³/mol. The van der Waals surface area contributed by atoms with Gasteiger partial charge in [0.15, 0.2) is 0 Å². The van der Waals surface area contributed by atoms with E-state index in [4.69, 9.17) is 4.74 Å². The van der Waals surface area contributed by atoms with Gasteiger partial charge in [0.05, 0.1) is 17.1 Å². The number of amides is 1. The van der Waals surface area contributed by atoms with Crippen molar-refractivity contribution in [1.82, 2.24) is 4.31 Å². The Morgan fingerprint density at radius 2 is 1.67 bits per heavy atom. The fourth-order valence-electron chi connectivity index (χ4n) is 4.35. The summed E-state index contributed by atoms with van der Waals surface area (Å²) in [6.07, 6.45) is 4.03. The van der Waals surface area contributed by atoms with Gasteiger partial charge in [-0.3, -0.25) is 4.79 Å². The van der Waals surface area contributed by atoms with Crippen LogP contribution < -0.4 is 5.32 Å². The first-order valence-corrected chi connectivity index (χ1v) is 12.0. The van der Waals surface area contributed by atoms with E-state index in [2.05, 4.69) is 11.4 Å². The van der Waals surface area contributed by atoms with E-state index in [0.717, 1.165) is 24.9 Å². The molecule has 0 unspecified atom stereocenters. The number of benzene rings is 2. The largest absolute Gasteiger partial charge is 0.373 e. The highest BCUT2D eigenvalue weighted by Crippen LogP contribution is 2.28. The Kier molecular flexibility index (Phi) is 5.95. The molecule has 0 radical (unpaired) electrons. The number of rotatable bonds is 4. The number of hydrogen-bond donors (Lipinski definition) is 1. The standard InChI is InChI=1S/C23H28N2O4S/c1-16-14-25(15-17(2)29-16)30(27,28)20-12-10-19(11-13-20)23(26)24-22-9-5-7-18-6-3-4-8-21(18)22/h5,7,9-13,16-17H,3-4,6,8,14-15H2,1-2H3,(H,24,26)/t16-,17-/m1/s1. The zero-order valence-electron chi connectivity index (χ0n) is 17.4. The molecule has 1 amide bonds. The third-order valence-electron chi connectivity index (χ3n) is 5.78. The summed E-state index contributed by atoms with van der Waals surface area (Å²) in [5.41, 5.74) is 3.80. The van der Waals surface area contributed by atoms with Crippen LogP contribution in [0.15, 0.2) is 47.4 Å². The number of nitrogens with zero attached hydrogens (tertiary/aromatic N) is 1. The summed E-state index contributed by atoms with van der Waals surface area (Å²) in [5, 5.41) is 3.00. The van der Waals surface area contributed by atoms with Gasteiger partial charge in [-0.1, -0.05) is 12.1 Å². The minimum Gasteiger partial charge on any atom is -0.373 e. The van der Waals surface area contributed by atoms with Gasteiger partial charge in [0.2, 0.25) is 10.0 Å². The molecule has 0 spiro atoms. The summed E-state index contributed by atoms with van der Waals surface area (Å²) in [5.74, 6) is -0.230. The molecule has 2 atom stereocenters. The van der Waals surface area contributed by atoms with E-state index in [-0.39, 0.29) is 23.0 Å². The highest BCUT2D eigenvalue weighted by Gasteiger charge is 2.32. The van der Waals surface area contributed by atoms with Crippen LogP contribution in [0.1, 0.15) is 48.2 Å². The second kappa shape index (κ2) is 8.49. The fourth-order valence-corrected chi connectivity index (χ4v) is 5.94. The first kappa shape index (κ1) is 21.0.